The summed E-state index contributed by atoms with van der Waals surface area (Å²) in [7, 11) is 0. The number of hydrogen-bond donors (Lipinski definition) is 2. The summed E-state index contributed by atoms with van der Waals surface area (Å²) >= 11 is 3.65. The van der Waals surface area contributed by atoms with Gasteiger partial charge in [0.1, 0.15) is 12.4 Å². The predicted molar refractivity (Wildman–Crippen MR) is 116 cm³/mol. The predicted octanol–water partition coefficient (Wildman–Crippen LogP) is 5.00. The molecule has 142 valence electrons. The highest BCUT2D eigenvalue weighted by Crippen LogP contribution is 2.27. The smallest absolute Gasteiger partial charge is 0.138 e. The van der Waals surface area contributed by atoms with Gasteiger partial charge in [-0.1, -0.05) is 52.3 Å². The zero-order valence-corrected chi connectivity index (χ0v) is 17.1. The fourth-order valence-corrected chi connectivity index (χ4v) is 3.61. The average Bonchev–Trinajstić information content (AvgIpc) is 3.12. The topological polar surface area (TPSA) is 62.8 Å². The standard InChI is InChI=1S/C22H21BrN4O/c1-15-20-12-17(7-8-21(20)27-26-15)18-11-19(14-24-13-18)28-10-9-25-22(23)16-5-3-2-4-6-16/h2-8,11-14,22,25H,9-10H2,1H3,(H,26,27)/t22-/m1/s1. The van der Waals surface area contributed by atoms with Gasteiger partial charge < -0.3 is 4.74 Å². The summed E-state index contributed by atoms with van der Waals surface area (Å²) in [6, 6.07) is 18.5. The Morgan fingerprint density at radius 1 is 1.07 bits per heavy atom. The number of aromatic amines is 1. The van der Waals surface area contributed by atoms with Gasteiger partial charge in [0.25, 0.3) is 0 Å². The normalized spacial score (nSPS) is 12.2. The number of rotatable bonds is 7. The van der Waals surface area contributed by atoms with Crippen molar-refractivity contribution in [2.75, 3.05) is 13.2 Å². The van der Waals surface area contributed by atoms with Crippen molar-refractivity contribution in [2.45, 2.75) is 11.9 Å². The number of benzene rings is 2. The number of ether oxygens (including phenoxy) is 1. The van der Waals surface area contributed by atoms with Crippen LogP contribution in [-0.2, 0) is 0 Å². The molecule has 0 saturated carbocycles. The van der Waals surface area contributed by atoms with Gasteiger partial charge in [-0.3, -0.25) is 15.4 Å². The molecule has 4 rings (SSSR count). The van der Waals surface area contributed by atoms with Crippen LogP contribution in [0.15, 0.2) is 67.0 Å². The van der Waals surface area contributed by atoms with E-state index < -0.39 is 0 Å². The fraction of sp³-hybridized carbons (Fsp3) is 0.182. The molecule has 2 N–H and O–H groups in total. The van der Waals surface area contributed by atoms with E-state index >= 15 is 0 Å². The van der Waals surface area contributed by atoms with E-state index in [1.54, 1.807) is 6.20 Å². The quantitative estimate of drug-likeness (QED) is 0.243. The lowest BCUT2D eigenvalue weighted by Crippen LogP contribution is -2.22. The van der Waals surface area contributed by atoms with Crippen LogP contribution >= 0.6 is 15.9 Å². The maximum atomic E-state index is 5.89. The van der Waals surface area contributed by atoms with Crippen molar-refractivity contribution in [1.29, 1.82) is 0 Å². The van der Waals surface area contributed by atoms with Crippen LogP contribution in [0.3, 0.4) is 0 Å². The molecule has 0 aliphatic carbocycles. The number of halogens is 1. The average molecular weight is 437 g/mol. The molecule has 5 nitrogen and oxygen atoms in total. The summed E-state index contributed by atoms with van der Waals surface area (Å²) in [6.45, 7) is 3.27. The second-order valence-electron chi connectivity index (χ2n) is 6.55. The van der Waals surface area contributed by atoms with Crippen LogP contribution in [0.1, 0.15) is 16.2 Å². The number of nitrogens with zero attached hydrogens (tertiary/aromatic N) is 2. The number of hydrogen-bond acceptors (Lipinski definition) is 4. The van der Waals surface area contributed by atoms with E-state index in [2.05, 4.69) is 60.7 Å². The highest BCUT2D eigenvalue weighted by Gasteiger charge is 2.07. The lowest BCUT2D eigenvalue weighted by atomic mass is 10.0. The van der Waals surface area contributed by atoms with Crippen molar-refractivity contribution >= 4 is 26.8 Å². The van der Waals surface area contributed by atoms with Crippen molar-refractivity contribution in [3.05, 3.63) is 78.2 Å². The van der Waals surface area contributed by atoms with Gasteiger partial charge >= 0.3 is 0 Å². The molecular weight excluding hydrogens is 416 g/mol. The van der Waals surface area contributed by atoms with E-state index in [0.717, 1.165) is 40.0 Å². The van der Waals surface area contributed by atoms with Crippen LogP contribution in [0.25, 0.3) is 22.0 Å². The number of H-pyrrole nitrogens is 1. The van der Waals surface area contributed by atoms with Crippen LogP contribution in [0, 0.1) is 6.92 Å². The molecule has 2 heterocycles. The summed E-state index contributed by atoms with van der Waals surface area (Å²) in [4.78, 5) is 4.44. The van der Waals surface area contributed by atoms with Gasteiger partial charge in [0.2, 0.25) is 0 Å². The molecule has 4 aromatic rings. The summed E-state index contributed by atoms with van der Waals surface area (Å²) in [5, 5.41) is 11.8. The third kappa shape index (κ3) is 4.24. The number of alkyl halides is 1. The minimum atomic E-state index is 0.103. The van der Waals surface area contributed by atoms with Crippen LogP contribution in [0.2, 0.25) is 0 Å². The fourth-order valence-electron chi connectivity index (χ4n) is 3.07. The summed E-state index contributed by atoms with van der Waals surface area (Å²) in [5.74, 6) is 0.758. The monoisotopic (exact) mass is 436 g/mol. The molecule has 0 aliphatic rings. The molecule has 0 bridgehead atoms. The SMILES string of the molecule is Cc1n[nH]c2ccc(-c3cncc(OCCN[C@@H](Br)c4ccccc4)c3)cc12. The third-order valence-corrected chi connectivity index (χ3v) is 5.44. The van der Waals surface area contributed by atoms with Gasteiger partial charge in [-0.2, -0.15) is 5.10 Å². The third-order valence-electron chi connectivity index (χ3n) is 4.59. The Kier molecular flexibility index (Phi) is 5.69. The molecule has 6 heteroatoms. The van der Waals surface area contributed by atoms with Crippen molar-refractivity contribution in [3.8, 4) is 16.9 Å². The Bertz CT molecular complexity index is 1060. The first-order valence-electron chi connectivity index (χ1n) is 9.16. The van der Waals surface area contributed by atoms with Gasteiger partial charge in [-0.15, -0.1) is 0 Å². The Balaban J connectivity index is 1.37. The minimum Gasteiger partial charge on any atom is -0.491 e. The van der Waals surface area contributed by atoms with E-state index in [9.17, 15) is 0 Å². The molecule has 0 aliphatic heterocycles. The van der Waals surface area contributed by atoms with Crippen LogP contribution < -0.4 is 10.1 Å². The van der Waals surface area contributed by atoms with Gasteiger partial charge in [-0.25, -0.2) is 0 Å². The zero-order chi connectivity index (χ0) is 19.3. The second-order valence-corrected chi connectivity index (χ2v) is 7.47. The first kappa shape index (κ1) is 18.7. The first-order chi connectivity index (χ1) is 13.7. The number of aromatic nitrogens is 3. The molecule has 0 saturated heterocycles. The maximum Gasteiger partial charge on any atom is 0.138 e. The van der Waals surface area contributed by atoms with E-state index in [1.807, 2.05) is 43.5 Å². The van der Waals surface area contributed by atoms with Crippen molar-refractivity contribution in [2.24, 2.45) is 0 Å². The van der Waals surface area contributed by atoms with Gasteiger partial charge in [0.05, 0.1) is 22.4 Å². The number of nitrogens with one attached hydrogen (secondary N) is 2. The molecule has 0 amide bonds. The van der Waals surface area contributed by atoms with Gasteiger partial charge in [0, 0.05) is 23.7 Å². The molecule has 2 aromatic carbocycles. The summed E-state index contributed by atoms with van der Waals surface area (Å²) < 4.78 is 5.89. The molecule has 28 heavy (non-hydrogen) atoms. The highest BCUT2D eigenvalue weighted by atomic mass is 79.9. The zero-order valence-electron chi connectivity index (χ0n) is 15.5. The minimum absolute atomic E-state index is 0.103. The molecule has 0 spiro atoms. The molecule has 0 fully saturated rings. The summed E-state index contributed by atoms with van der Waals surface area (Å²) in [5.41, 5.74) is 5.34. The lowest BCUT2D eigenvalue weighted by Gasteiger charge is -2.13. The second kappa shape index (κ2) is 8.54. The Morgan fingerprint density at radius 2 is 1.93 bits per heavy atom. The molecule has 0 radical (unpaired) electrons. The number of aryl methyl sites for hydroxylation is 1. The van der Waals surface area contributed by atoms with Crippen molar-refractivity contribution in [1.82, 2.24) is 20.5 Å². The lowest BCUT2D eigenvalue weighted by molar-refractivity contribution is 0.312. The summed E-state index contributed by atoms with van der Waals surface area (Å²) in [6.07, 6.45) is 3.60. The van der Waals surface area contributed by atoms with Crippen molar-refractivity contribution < 1.29 is 4.74 Å². The maximum absolute atomic E-state index is 5.89. The van der Waals surface area contributed by atoms with Gasteiger partial charge in [-0.05, 0) is 36.2 Å². The van der Waals surface area contributed by atoms with Gasteiger partial charge in [0.15, 0.2) is 0 Å². The largest absolute Gasteiger partial charge is 0.491 e. The van der Waals surface area contributed by atoms with Crippen molar-refractivity contribution in [3.63, 3.8) is 0 Å². The molecule has 2 aromatic heterocycles. The van der Waals surface area contributed by atoms with Crippen LogP contribution in [-0.4, -0.2) is 28.3 Å². The Hall–Kier alpha value is -2.70. The van der Waals surface area contributed by atoms with Crippen LogP contribution in [0.4, 0.5) is 0 Å². The Morgan fingerprint density at radius 3 is 2.79 bits per heavy atom. The van der Waals surface area contributed by atoms with E-state index in [0.29, 0.717) is 6.61 Å². The van der Waals surface area contributed by atoms with Crippen LogP contribution in [0.5, 0.6) is 5.75 Å². The molecular formula is C22H21BrN4O. The van der Waals surface area contributed by atoms with E-state index in [4.69, 9.17) is 4.74 Å². The van der Waals surface area contributed by atoms with E-state index in [1.165, 1.54) is 5.56 Å². The highest BCUT2D eigenvalue weighted by molar-refractivity contribution is 9.09. The molecule has 0 unspecified atom stereocenters. The Labute approximate surface area is 172 Å². The number of pyridine rings is 1. The molecule has 1 atom stereocenters. The first-order valence-corrected chi connectivity index (χ1v) is 10.1. The number of fused-ring (bicyclic) bond motifs is 1. The van der Waals surface area contributed by atoms with E-state index in [-0.39, 0.29) is 4.95 Å².